The quantitative estimate of drug-likeness (QED) is 0.688. The molecule has 0 bridgehead atoms. The van der Waals surface area contributed by atoms with Crippen molar-refractivity contribution in [1.82, 2.24) is 5.32 Å². The van der Waals surface area contributed by atoms with E-state index in [0.717, 1.165) is 5.56 Å². The maximum Gasteiger partial charge on any atom is 0.387 e. The number of hydrogen-bond acceptors (Lipinski definition) is 5. The number of hydrogen-bond donors (Lipinski definition) is 1. The van der Waals surface area contributed by atoms with Crippen LogP contribution in [0, 0.1) is 0 Å². The number of nitrogens with one attached hydrogen (secondary N) is 1. The fraction of sp³-hybridized carbons (Fsp3) is 0.364. The Hall–Kier alpha value is -3.16. The van der Waals surface area contributed by atoms with Crippen LogP contribution in [0.4, 0.5) is 8.78 Å². The maximum atomic E-state index is 12.8. The van der Waals surface area contributed by atoms with Crippen molar-refractivity contribution in [3.63, 3.8) is 0 Å². The zero-order valence-corrected chi connectivity index (χ0v) is 17.0. The average molecular weight is 418 g/mol. The predicted molar refractivity (Wildman–Crippen MR) is 108 cm³/mol. The van der Waals surface area contributed by atoms with Crippen LogP contribution >= 0.6 is 0 Å². The summed E-state index contributed by atoms with van der Waals surface area (Å²) in [4.78, 5) is 18.3. The minimum atomic E-state index is -2.96. The molecule has 3 rings (SSSR count). The van der Waals surface area contributed by atoms with Crippen molar-refractivity contribution in [3.05, 3.63) is 59.7 Å². The second-order valence-electron chi connectivity index (χ2n) is 7.12. The van der Waals surface area contributed by atoms with Crippen molar-refractivity contribution in [2.24, 2.45) is 5.16 Å². The molecule has 0 aliphatic carbocycles. The predicted octanol–water partition coefficient (Wildman–Crippen LogP) is 4.45. The molecular formula is C22H24F2N2O4. The van der Waals surface area contributed by atoms with E-state index in [0.29, 0.717) is 11.3 Å². The zero-order valence-electron chi connectivity index (χ0n) is 17.0. The van der Waals surface area contributed by atoms with Gasteiger partial charge in [0, 0.05) is 12.0 Å². The Labute approximate surface area is 173 Å². The lowest BCUT2D eigenvalue weighted by atomic mass is 9.94. The first-order valence-electron chi connectivity index (χ1n) is 9.65. The third kappa shape index (κ3) is 4.87. The van der Waals surface area contributed by atoms with Crippen LogP contribution in [0.1, 0.15) is 44.4 Å². The highest BCUT2D eigenvalue weighted by Gasteiger charge is 2.42. The van der Waals surface area contributed by atoms with E-state index in [1.165, 1.54) is 6.07 Å². The summed E-state index contributed by atoms with van der Waals surface area (Å²) in [5.41, 5.74) is 0.921. The Morgan fingerprint density at radius 2 is 1.97 bits per heavy atom. The van der Waals surface area contributed by atoms with E-state index < -0.39 is 12.2 Å². The summed E-state index contributed by atoms with van der Waals surface area (Å²) in [5.74, 6) is -0.179. The highest BCUT2D eigenvalue weighted by Crippen LogP contribution is 2.33. The molecule has 0 radical (unpaired) electrons. The smallest absolute Gasteiger partial charge is 0.387 e. The second-order valence-corrected chi connectivity index (χ2v) is 7.12. The van der Waals surface area contributed by atoms with Crippen molar-refractivity contribution in [1.29, 1.82) is 0 Å². The number of carbonyl (C=O) groups excluding carboxylic acids is 1. The summed E-state index contributed by atoms with van der Waals surface area (Å²) < 4.78 is 35.1. The summed E-state index contributed by atoms with van der Waals surface area (Å²) in [7, 11) is 0. The zero-order chi connectivity index (χ0) is 21.7. The molecule has 1 N–H and O–H groups in total. The number of benzene rings is 2. The molecule has 8 heteroatoms. The molecule has 0 aromatic heterocycles. The van der Waals surface area contributed by atoms with Gasteiger partial charge in [-0.25, -0.2) is 0 Å². The van der Waals surface area contributed by atoms with Gasteiger partial charge in [-0.15, -0.1) is 0 Å². The van der Waals surface area contributed by atoms with Crippen LogP contribution < -0.4 is 14.8 Å². The second kappa shape index (κ2) is 9.11. The molecule has 2 aromatic carbocycles. The fourth-order valence-corrected chi connectivity index (χ4v) is 3.14. The van der Waals surface area contributed by atoms with E-state index in [1.807, 2.05) is 37.3 Å². The molecule has 6 nitrogen and oxygen atoms in total. The molecule has 30 heavy (non-hydrogen) atoms. The van der Waals surface area contributed by atoms with Crippen LogP contribution in [-0.4, -0.2) is 30.4 Å². The van der Waals surface area contributed by atoms with Gasteiger partial charge >= 0.3 is 6.61 Å². The molecule has 1 heterocycles. The average Bonchev–Trinajstić information content (AvgIpc) is 3.13. The van der Waals surface area contributed by atoms with E-state index >= 15 is 0 Å². The molecule has 2 aromatic rings. The molecule has 1 amide bonds. The summed E-state index contributed by atoms with van der Waals surface area (Å²) >= 11 is 0. The van der Waals surface area contributed by atoms with Gasteiger partial charge in [-0.3, -0.25) is 4.79 Å². The monoisotopic (exact) mass is 418 g/mol. The van der Waals surface area contributed by atoms with E-state index in [-0.39, 0.29) is 36.5 Å². The van der Waals surface area contributed by atoms with E-state index in [9.17, 15) is 13.6 Å². The van der Waals surface area contributed by atoms with Gasteiger partial charge in [0.2, 0.25) is 5.60 Å². The van der Waals surface area contributed by atoms with E-state index in [2.05, 4.69) is 15.2 Å². The number of carbonyl (C=O) groups is 1. The van der Waals surface area contributed by atoms with Crippen LogP contribution in [0.3, 0.4) is 0 Å². The first-order valence-corrected chi connectivity index (χ1v) is 9.65. The van der Waals surface area contributed by atoms with Crippen molar-refractivity contribution in [2.45, 2.75) is 45.4 Å². The number of nitrogens with zero attached hydrogens (tertiary/aromatic N) is 1. The molecular weight excluding hydrogens is 394 g/mol. The van der Waals surface area contributed by atoms with Gasteiger partial charge in [0.15, 0.2) is 11.5 Å². The third-order valence-electron chi connectivity index (χ3n) is 4.78. The van der Waals surface area contributed by atoms with Crippen LogP contribution in [0.2, 0.25) is 0 Å². The Balaban J connectivity index is 1.71. The number of alkyl halides is 2. The first kappa shape index (κ1) is 21.5. The van der Waals surface area contributed by atoms with Gasteiger partial charge in [0.05, 0.1) is 18.4 Å². The molecule has 0 spiro atoms. The van der Waals surface area contributed by atoms with Gasteiger partial charge in [-0.1, -0.05) is 35.5 Å². The lowest BCUT2D eigenvalue weighted by molar-refractivity contribution is -0.142. The summed E-state index contributed by atoms with van der Waals surface area (Å²) in [6.45, 7) is 2.62. The minimum absolute atomic E-state index is 0.0627. The minimum Gasteiger partial charge on any atom is -0.490 e. The molecule has 0 saturated carbocycles. The van der Waals surface area contributed by atoms with Gasteiger partial charge in [0.25, 0.3) is 5.91 Å². The lowest BCUT2D eigenvalue weighted by Crippen LogP contribution is -2.45. The van der Waals surface area contributed by atoms with Crippen LogP contribution in [-0.2, 0) is 9.63 Å². The van der Waals surface area contributed by atoms with Crippen molar-refractivity contribution in [3.8, 4) is 11.5 Å². The topological polar surface area (TPSA) is 69.2 Å². The lowest BCUT2D eigenvalue weighted by Gasteiger charge is -2.23. The fourth-order valence-electron chi connectivity index (χ4n) is 3.14. The van der Waals surface area contributed by atoms with Gasteiger partial charge in [-0.2, -0.15) is 8.78 Å². The molecule has 0 fully saturated rings. The maximum absolute atomic E-state index is 12.8. The van der Waals surface area contributed by atoms with Crippen molar-refractivity contribution < 1.29 is 27.9 Å². The molecule has 160 valence electrons. The number of rotatable bonds is 8. The highest BCUT2D eigenvalue weighted by molar-refractivity contribution is 6.05. The van der Waals surface area contributed by atoms with Crippen LogP contribution in [0.5, 0.6) is 11.5 Å². The van der Waals surface area contributed by atoms with Crippen molar-refractivity contribution >= 4 is 11.6 Å². The number of oxime groups is 1. The Kier molecular flexibility index (Phi) is 6.54. The van der Waals surface area contributed by atoms with E-state index in [4.69, 9.17) is 9.57 Å². The van der Waals surface area contributed by atoms with Crippen LogP contribution in [0.15, 0.2) is 53.7 Å². The molecule has 1 aliphatic rings. The van der Waals surface area contributed by atoms with Gasteiger partial charge < -0.3 is 19.6 Å². The summed E-state index contributed by atoms with van der Waals surface area (Å²) in [5, 5.41) is 7.01. The van der Waals surface area contributed by atoms with Crippen molar-refractivity contribution in [2.75, 3.05) is 6.61 Å². The summed E-state index contributed by atoms with van der Waals surface area (Å²) in [6.07, 6.45) is 0.223. The number of amides is 1. The Morgan fingerprint density at radius 1 is 1.23 bits per heavy atom. The standard InChI is InChI=1S/C22H24F2N2O4/c1-4-28-19-12-16(10-11-18(19)29-21(23)24)17-13-22(3,30-26-17)20(27)25-14(2)15-8-6-5-7-9-15/h5-12,14,21H,4,13H2,1-3H3,(H,25,27)/t14-,22?/m1/s1. The first-order chi connectivity index (χ1) is 14.3. The molecule has 1 aliphatic heterocycles. The summed E-state index contributed by atoms with van der Waals surface area (Å²) in [6, 6.07) is 13.9. The number of halogens is 2. The highest BCUT2D eigenvalue weighted by atomic mass is 19.3. The van der Waals surface area contributed by atoms with Crippen LogP contribution in [0.25, 0.3) is 0 Å². The normalized spacial score (nSPS) is 19.1. The largest absolute Gasteiger partial charge is 0.490 e. The van der Waals surface area contributed by atoms with Gasteiger partial charge in [0.1, 0.15) is 0 Å². The Bertz CT molecular complexity index is 921. The van der Waals surface area contributed by atoms with E-state index in [1.54, 1.807) is 26.0 Å². The molecule has 1 unspecified atom stereocenters. The Morgan fingerprint density at radius 3 is 2.63 bits per heavy atom. The molecule has 0 saturated heterocycles. The number of ether oxygens (including phenoxy) is 2. The van der Waals surface area contributed by atoms with Gasteiger partial charge in [-0.05, 0) is 44.5 Å². The SMILES string of the molecule is CCOc1cc(C2=NOC(C)(C(=O)N[C@H](C)c3ccccc3)C2)ccc1OC(F)F. The molecule has 2 atom stereocenters. The third-order valence-corrected chi connectivity index (χ3v) is 4.78.